The van der Waals surface area contributed by atoms with E-state index < -0.39 is 5.97 Å². The number of carbonyl (C=O) groups excluding carboxylic acids is 1. The van der Waals surface area contributed by atoms with Crippen molar-refractivity contribution in [3.8, 4) is 0 Å². The number of carboxylic acids is 1. The molecular formula is C32H41Cl2N3O3. The quantitative estimate of drug-likeness (QED) is 0.334. The number of piperidine rings is 1. The molecule has 216 valence electrons. The zero-order chi connectivity index (χ0) is 26.5. The van der Waals surface area contributed by atoms with Crippen molar-refractivity contribution in [3.63, 3.8) is 0 Å². The van der Waals surface area contributed by atoms with Gasteiger partial charge < -0.3 is 20.2 Å². The van der Waals surface area contributed by atoms with Crippen LogP contribution in [0.25, 0.3) is 10.8 Å². The van der Waals surface area contributed by atoms with Gasteiger partial charge in [-0.2, -0.15) is 0 Å². The van der Waals surface area contributed by atoms with Gasteiger partial charge in [0.1, 0.15) is 0 Å². The summed E-state index contributed by atoms with van der Waals surface area (Å²) in [4.78, 5) is 28.8. The predicted molar refractivity (Wildman–Crippen MR) is 166 cm³/mol. The van der Waals surface area contributed by atoms with Crippen LogP contribution in [0.5, 0.6) is 0 Å². The highest BCUT2D eigenvalue weighted by molar-refractivity contribution is 5.86. The fraction of sp³-hybridized carbons (Fsp3) is 0.438. The van der Waals surface area contributed by atoms with E-state index in [1.807, 2.05) is 6.07 Å². The molecule has 6 nitrogen and oxygen atoms in total. The Bertz CT molecular complexity index is 1250. The molecule has 0 unspecified atom stereocenters. The Kier molecular flexibility index (Phi) is 11.8. The van der Waals surface area contributed by atoms with Crippen LogP contribution >= 0.6 is 24.8 Å². The van der Waals surface area contributed by atoms with Crippen LogP contribution in [0.1, 0.15) is 49.3 Å². The number of aliphatic carboxylic acids is 1. The lowest BCUT2D eigenvalue weighted by atomic mass is 9.88. The minimum Gasteiger partial charge on any atom is -0.481 e. The second-order valence-corrected chi connectivity index (χ2v) is 11.0. The summed E-state index contributed by atoms with van der Waals surface area (Å²) in [6.45, 7) is 6.80. The van der Waals surface area contributed by atoms with Gasteiger partial charge in [0.15, 0.2) is 0 Å². The lowest BCUT2D eigenvalue weighted by Crippen LogP contribution is -2.39. The number of nitrogens with one attached hydrogen (secondary N) is 1. The lowest BCUT2D eigenvalue weighted by Gasteiger charge is -2.30. The SMILES string of the molecule is C[C@@H](NC[C@H]1CN(C(=O)CCN2CCC(C(=O)O)CC2)C[C@@H]1c1ccccc1)c1cccc2ccccc12.Cl.Cl. The van der Waals surface area contributed by atoms with Crippen LogP contribution in [-0.2, 0) is 9.59 Å². The van der Waals surface area contributed by atoms with Gasteiger partial charge in [0.2, 0.25) is 5.91 Å². The van der Waals surface area contributed by atoms with Gasteiger partial charge in [-0.1, -0.05) is 72.8 Å². The number of hydrogen-bond acceptors (Lipinski definition) is 4. The van der Waals surface area contributed by atoms with E-state index in [1.54, 1.807) is 0 Å². The van der Waals surface area contributed by atoms with E-state index in [0.717, 1.165) is 32.7 Å². The summed E-state index contributed by atoms with van der Waals surface area (Å²) in [5.74, 6) is -0.0875. The van der Waals surface area contributed by atoms with Crippen molar-refractivity contribution in [2.75, 3.05) is 39.3 Å². The van der Waals surface area contributed by atoms with E-state index in [0.29, 0.717) is 37.6 Å². The minimum atomic E-state index is -0.695. The van der Waals surface area contributed by atoms with Crippen LogP contribution in [0, 0.1) is 11.8 Å². The van der Waals surface area contributed by atoms with E-state index in [4.69, 9.17) is 0 Å². The van der Waals surface area contributed by atoms with Crippen molar-refractivity contribution in [3.05, 3.63) is 83.9 Å². The molecule has 0 saturated carbocycles. The van der Waals surface area contributed by atoms with E-state index >= 15 is 0 Å². The number of fused-ring (bicyclic) bond motifs is 1. The highest BCUT2D eigenvalue weighted by Crippen LogP contribution is 2.34. The van der Waals surface area contributed by atoms with Gasteiger partial charge in [-0.15, -0.1) is 24.8 Å². The Morgan fingerprint density at radius 3 is 2.33 bits per heavy atom. The maximum atomic E-state index is 13.3. The number of rotatable bonds is 9. The molecule has 8 heteroatoms. The van der Waals surface area contributed by atoms with Gasteiger partial charge in [0, 0.05) is 44.6 Å². The standard InChI is InChI=1S/C32H39N3O3.2ClH/c1-23(28-13-7-11-24-10-5-6-12-29(24)28)33-20-27-21-35(22-30(27)25-8-3-2-4-9-25)31(36)16-19-34-17-14-26(15-18-34)32(37)38;;/h2-13,23,26-27,30,33H,14-22H2,1H3,(H,37,38);2*1H/t23-,27+,30-;;/m1../s1. The van der Waals surface area contributed by atoms with Crippen molar-refractivity contribution in [2.24, 2.45) is 11.8 Å². The van der Waals surface area contributed by atoms with Gasteiger partial charge in [0.05, 0.1) is 5.92 Å². The number of nitrogens with zero attached hydrogens (tertiary/aromatic N) is 2. The summed E-state index contributed by atoms with van der Waals surface area (Å²) >= 11 is 0. The molecule has 0 aromatic heterocycles. The molecule has 0 aliphatic carbocycles. The average molecular weight is 587 g/mol. The summed E-state index contributed by atoms with van der Waals surface area (Å²) in [6.07, 6.45) is 1.84. The number of likely N-dealkylation sites (tertiary alicyclic amines) is 2. The van der Waals surface area contributed by atoms with Crippen molar-refractivity contribution in [1.29, 1.82) is 0 Å². The van der Waals surface area contributed by atoms with Crippen LogP contribution in [0.3, 0.4) is 0 Å². The third-order valence-corrected chi connectivity index (χ3v) is 8.58. The molecule has 3 aromatic carbocycles. The Balaban J connectivity index is 0.00000220. The zero-order valence-corrected chi connectivity index (χ0v) is 24.7. The zero-order valence-electron chi connectivity index (χ0n) is 23.1. The molecule has 2 fully saturated rings. The van der Waals surface area contributed by atoms with Crippen LogP contribution in [0.4, 0.5) is 0 Å². The molecule has 2 aliphatic rings. The van der Waals surface area contributed by atoms with E-state index in [2.05, 4.69) is 88.8 Å². The summed E-state index contributed by atoms with van der Waals surface area (Å²) in [7, 11) is 0. The Labute approximate surface area is 249 Å². The van der Waals surface area contributed by atoms with Gasteiger partial charge in [-0.3, -0.25) is 9.59 Å². The monoisotopic (exact) mass is 585 g/mol. The van der Waals surface area contributed by atoms with Crippen molar-refractivity contribution < 1.29 is 14.7 Å². The fourth-order valence-electron chi connectivity index (χ4n) is 6.24. The smallest absolute Gasteiger partial charge is 0.306 e. The highest BCUT2D eigenvalue weighted by atomic mass is 35.5. The molecule has 1 amide bonds. The molecule has 2 heterocycles. The molecule has 0 bridgehead atoms. The molecule has 2 saturated heterocycles. The molecule has 40 heavy (non-hydrogen) atoms. The molecule has 2 N–H and O–H groups in total. The second-order valence-electron chi connectivity index (χ2n) is 11.0. The first-order valence-corrected chi connectivity index (χ1v) is 14.0. The minimum absolute atomic E-state index is 0. The van der Waals surface area contributed by atoms with Crippen molar-refractivity contribution >= 4 is 47.5 Å². The Hall–Kier alpha value is -2.64. The third kappa shape index (κ3) is 7.55. The Morgan fingerprint density at radius 2 is 1.60 bits per heavy atom. The van der Waals surface area contributed by atoms with Crippen molar-refractivity contribution in [1.82, 2.24) is 15.1 Å². The first-order chi connectivity index (χ1) is 18.5. The van der Waals surface area contributed by atoms with E-state index in [1.165, 1.54) is 21.9 Å². The number of amides is 1. The molecule has 3 aromatic rings. The van der Waals surface area contributed by atoms with Gasteiger partial charge in [0.25, 0.3) is 0 Å². The summed E-state index contributed by atoms with van der Waals surface area (Å²) in [5, 5.41) is 15.6. The van der Waals surface area contributed by atoms with Gasteiger partial charge in [-0.05, 0) is 60.7 Å². The number of benzene rings is 3. The van der Waals surface area contributed by atoms with Crippen LogP contribution in [-0.4, -0.2) is 66.1 Å². The van der Waals surface area contributed by atoms with Gasteiger partial charge in [-0.25, -0.2) is 0 Å². The predicted octanol–water partition coefficient (Wildman–Crippen LogP) is 5.76. The maximum absolute atomic E-state index is 13.3. The second kappa shape index (κ2) is 14.8. The summed E-state index contributed by atoms with van der Waals surface area (Å²) in [5.41, 5.74) is 2.60. The third-order valence-electron chi connectivity index (χ3n) is 8.58. The van der Waals surface area contributed by atoms with Gasteiger partial charge >= 0.3 is 5.97 Å². The fourth-order valence-corrected chi connectivity index (χ4v) is 6.24. The molecular weight excluding hydrogens is 545 g/mol. The Morgan fingerprint density at radius 1 is 0.925 bits per heavy atom. The largest absolute Gasteiger partial charge is 0.481 e. The topological polar surface area (TPSA) is 72.9 Å². The normalized spacial score (nSPS) is 20.5. The highest BCUT2D eigenvalue weighted by Gasteiger charge is 2.36. The number of hydrogen-bond donors (Lipinski definition) is 2. The summed E-state index contributed by atoms with van der Waals surface area (Å²) in [6, 6.07) is 25.8. The van der Waals surface area contributed by atoms with E-state index in [-0.39, 0.29) is 42.7 Å². The lowest BCUT2D eigenvalue weighted by molar-refractivity contribution is -0.143. The first kappa shape index (κ1) is 31.9. The summed E-state index contributed by atoms with van der Waals surface area (Å²) < 4.78 is 0. The molecule has 5 rings (SSSR count). The molecule has 0 spiro atoms. The van der Waals surface area contributed by atoms with E-state index in [9.17, 15) is 14.7 Å². The number of carbonyl (C=O) groups is 2. The van der Waals surface area contributed by atoms with Crippen molar-refractivity contribution in [2.45, 2.75) is 38.1 Å². The molecule has 2 aliphatic heterocycles. The number of halogens is 2. The first-order valence-electron chi connectivity index (χ1n) is 14.0. The molecule has 0 radical (unpaired) electrons. The molecule has 3 atom stereocenters. The van der Waals surface area contributed by atoms with Crippen LogP contribution in [0.15, 0.2) is 72.8 Å². The average Bonchev–Trinajstić information content (AvgIpc) is 3.39. The maximum Gasteiger partial charge on any atom is 0.306 e. The van der Waals surface area contributed by atoms with Crippen LogP contribution < -0.4 is 5.32 Å². The number of carboxylic acid groups (broad SMARTS) is 1. The van der Waals surface area contributed by atoms with Crippen LogP contribution in [0.2, 0.25) is 0 Å².